The molecule has 0 bridgehead atoms. The Hall–Kier alpha value is -2.29. The van der Waals surface area contributed by atoms with E-state index in [9.17, 15) is 22.0 Å². The summed E-state index contributed by atoms with van der Waals surface area (Å²) in [6, 6.07) is 5.08. The summed E-state index contributed by atoms with van der Waals surface area (Å²) < 4.78 is 67.2. The largest absolute Gasteiger partial charge is 0.490 e. The average Bonchev–Trinajstić information content (AvgIpc) is 2.74. The smallest absolute Gasteiger partial charge is 0.284 e. The Balaban J connectivity index is 0.00000198. The maximum Gasteiger partial charge on any atom is 0.284 e. The summed E-state index contributed by atoms with van der Waals surface area (Å²) >= 11 is 0. The lowest BCUT2D eigenvalue weighted by Gasteiger charge is -2.17. The highest BCUT2D eigenvalue weighted by atomic mass is 19.3. The summed E-state index contributed by atoms with van der Waals surface area (Å²) in [6.07, 6.45) is -3.74. The zero-order valence-corrected chi connectivity index (χ0v) is 17.9. The van der Waals surface area contributed by atoms with Gasteiger partial charge in [0.05, 0.1) is 12.9 Å². The predicted octanol–water partition coefficient (Wildman–Crippen LogP) is 6.38. The highest BCUT2D eigenvalue weighted by molar-refractivity contribution is 5.60. The van der Waals surface area contributed by atoms with E-state index in [2.05, 4.69) is 9.97 Å². The van der Waals surface area contributed by atoms with Crippen molar-refractivity contribution < 1.29 is 26.7 Å². The third kappa shape index (κ3) is 9.02. The van der Waals surface area contributed by atoms with Crippen LogP contribution in [0.4, 0.5) is 22.0 Å². The zero-order chi connectivity index (χ0) is 23.3. The lowest BCUT2D eigenvalue weighted by atomic mass is 10.1. The molecule has 0 saturated heterocycles. The normalized spacial score (nSPS) is 11.5. The number of rotatable bonds is 8. The maximum atomic E-state index is 13.4. The summed E-state index contributed by atoms with van der Waals surface area (Å²) in [6.45, 7) is 8.09. The molecule has 2 N–H and O–H groups in total. The minimum atomic E-state index is -2.87. The molecule has 0 saturated carbocycles. The summed E-state index contributed by atoms with van der Waals surface area (Å²) in [5.74, 6) is 0.297. The molecular weight excluding hydrogens is 405 g/mol. The van der Waals surface area contributed by atoms with Crippen LogP contribution in [0.2, 0.25) is 0 Å². The highest BCUT2D eigenvalue weighted by Gasteiger charge is 2.19. The minimum Gasteiger partial charge on any atom is -0.490 e. The predicted molar refractivity (Wildman–Crippen MR) is 109 cm³/mol. The van der Waals surface area contributed by atoms with E-state index in [1.54, 1.807) is 0 Å². The van der Waals surface area contributed by atoms with Crippen LogP contribution in [0.5, 0.6) is 5.75 Å². The van der Waals surface area contributed by atoms with Gasteiger partial charge in [-0.15, -0.1) is 0 Å². The number of aromatic nitrogens is 2. The van der Waals surface area contributed by atoms with Crippen molar-refractivity contribution in [3.05, 3.63) is 41.9 Å². The molecule has 30 heavy (non-hydrogen) atoms. The molecule has 0 aliphatic carbocycles. The molecule has 2 heterocycles. The van der Waals surface area contributed by atoms with Crippen molar-refractivity contribution in [1.82, 2.24) is 9.97 Å². The van der Waals surface area contributed by atoms with Crippen molar-refractivity contribution in [2.24, 2.45) is 11.7 Å². The third-order valence-corrected chi connectivity index (χ3v) is 3.62. The van der Waals surface area contributed by atoms with Crippen LogP contribution in [-0.4, -0.2) is 29.8 Å². The van der Waals surface area contributed by atoms with E-state index in [1.807, 2.05) is 27.7 Å². The molecule has 0 amide bonds. The van der Waals surface area contributed by atoms with Crippen LogP contribution in [0.15, 0.2) is 30.5 Å². The fraction of sp³-hybridized carbons (Fsp3) is 0.524. The molecule has 0 spiro atoms. The molecule has 0 radical (unpaired) electrons. The molecule has 2 aromatic heterocycles. The Kier molecular flexibility index (Phi) is 13.5. The number of pyridine rings is 2. The van der Waals surface area contributed by atoms with Gasteiger partial charge in [-0.1, -0.05) is 27.7 Å². The quantitative estimate of drug-likeness (QED) is 0.489. The first-order chi connectivity index (χ1) is 14.3. The molecule has 1 atom stereocenters. The Morgan fingerprint density at radius 2 is 1.63 bits per heavy atom. The molecule has 4 nitrogen and oxygen atoms in total. The first kappa shape index (κ1) is 27.7. The summed E-state index contributed by atoms with van der Waals surface area (Å²) in [5, 5.41) is 0. The van der Waals surface area contributed by atoms with Gasteiger partial charge in [-0.3, -0.25) is 9.37 Å². The van der Waals surface area contributed by atoms with Crippen LogP contribution in [0.3, 0.4) is 0 Å². The summed E-state index contributed by atoms with van der Waals surface area (Å²) in [7, 11) is 0.500. The van der Waals surface area contributed by atoms with Crippen LogP contribution in [-0.2, 0) is 0 Å². The molecule has 0 fully saturated rings. The molecule has 0 aliphatic rings. The number of hydrogen-bond acceptors (Lipinski definition) is 4. The van der Waals surface area contributed by atoms with Crippen molar-refractivity contribution >= 4 is 0 Å². The lowest BCUT2D eigenvalue weighted by Crippen LogP contribution is -2.29. The molecule has 0 aromatic carbocycles. The topological polar surface area (TPSA) is 61.0 Å². The van der Waals surface area contributed by atoms with Crippen LogP contribution in [0, 0.1) is 5.92 Å². The van der Waals surface area contributed by atoms with Crippen molar-refractivity contribution in [2.75, 3.05) is 13.8 Å². The van der Waals surface area contributed by atoms with Crippen molar-refractivity contribution in [3.63, 3.8) is 0 Å². The zero-order valence-electron chi connectivity index (χ0n) is 17.9. The monoisotopic (exact) mass is 435 g/mol. The van der Waals surface area contributed by atoms with Crippen LogP contribution in [0.1, 0.15) is 58.4 Å². The van der Waals surface area contributed by atoms with Gasteiger partial charge in [-0.05, 0) is 36.6 Å². The van der Waals surface area contributed by atoms with E-state index in [1.165, 1.54) is 24.4 Å². The second-order valence-electron chi connectivity index (χ2n) is 6.35. The second kappa shape index (κ2) is 14.7. The van der Waals surface area contributed by atoms with Gasteiger partial charge >= 0.3 is 0 Å². The van der Waals surface area contributed by atoms with Gasteiger partial charge in [0.15, 0.2) is 0 Å². The first-order valence-corrected chi connectivity index (χ1v) is 9.57. The van der Waals surface area contributed by atoms with Gasteiger partial charge in [0.1, 0.15) is 23.7 Å². The van der Waals surface area contributed by atoms with E-state index < -0.39 is 24.2 Å². The third-order valence-electron chi connectivity index (χ3n) is 3.62. The number of hydrogen-bond donors (Lipinski definition) is 1. The van der Waals surface area contributed by atoms with E-state index in [4.69, 9.17) is 10.5 Å². The Morgan fingerprint density at radius 3 is 2.17 bits per heavy atom. The van der Waals surface area contributed by atoms with E-state index in [0.29, 0.717) is 19.5 Å². The number of ether oxygens (including phenoxy) is 1. The van der Waals surface area contributed by atoms with Crippen molar-refractivity contribution in [1.29, 1.82) is 0 Å². The first-order valence-electron chi connectivity index (χ1n) is 9.57. The number of halogens is 5. The Morgan fingerprint density at radius 1 is 1.00 bits per heavy atom. The Bertz CT molecular complexity index is 730. The van der Waals surface area contributed by atoms with Crippen LogP contribution >= 0.6 is 0 Å². The molecule has 170 valence electrons. The van der Waals surface area contributed by atoms with Gasteiger partial charge in [-0.2, -0.15) is 0 Å². The number of nitrogens with zero attached hydrogens (tertiary/aromatic N) is 2. The van der Waals surface area contributed by atoms with Gasteiger partial charge in [0, 0.05) is 17.8 Å². The minimum absolute atomic E-state index is 0.0638. The summed E-state index contributed by atoms with van der Waals surface area (Å²) in [4.78, 5) is 7.44. The lowest BCUT2D eigenvalue weighted by molar-refractivity contribution is 0.138. The van der Waals surface area contributed by atoms with Gasteiger partial charge < -0.3 is 10.5 Å². The summed E-state index contributed by atoms with van der Waals surface area (Å²) in [5.41, 5.74) is 5.34. The van der Waals surface area contributed by atoms with Crippen LogP contribution in [0.25, 0.3) is 11.3 Å². The van der Waals surface area contributed by atoms with Crippen molar-refractivity contribution in [2.45, 2.75) is 53.0 Å². The maximum absolute atomic E-state index is 13.4. The fourth-order valence-electron chi connectivity index (χ4n) is 2.50. The van der Waals surface area contributed by atoms with E-state index >= 15 is 0 Å². The van der Waals surface area contributed by atoms with Gasteiger partial charge in [0.2, 0.25) is 0 Å². The number of alkyl halides is 5. The van der Waals surface area contributed by atoms with Gasteiger partial charge in [0.25, 0.3) is 12.9 Å². The molecular formula is C21H30F5N3O. The van der Waals surface area contributed by atoms with E-state index in [-0.39, 0.29) is 29.7 Å². The van der Waals surface area contributed by atoms with Crippen LogP contribution < -0.4 is 10.5 Å². The SMILES string of the molecule is CC.CC(C)CC(N)COc1ccc(-c2ccnc(C(F)F)c2)nc1C(F)F.CF. The Labute approximate surface area is 174 Å². The second-order valence-corrected chi connectivity index (χ2v) is 6.35. The molecule has 9 heteroatoms. The van der Waals surface area contributed by atoms with Crippen molar-refractivity contribution in [3.8, 4) is 17.0 Å². The fourth-order valence-corrected chi connectivity index (χ4v) is 2.50. The van der Waals surface area contributed by atoms with E-state index in [0.717, 1.165) is 6.07 Å². The molecule has 1 unspecified atom stereocenters. The van der Waals surface area contributed by atoms with Gasteiger partial charge in [-0.25, -0.2) is 22.5 Å². The molecule has 0 aliphatic heterocycles. The average molecular weight is 435 g/mol. The molecule has 2 aromatic rings. The number of nitrogens with two attached hydrogens (primary N) is 1. The molecule has 2 rings (SSSR count). The standard InChI is InChI=1S/C18H21F4N3O.C2H6.CH3F/c1-10(2)7-12(23)9-26-15-4-3-13(25-16(15)18(21)22)11-5-6-24-14(8-11)17(19)20;2*1-2/h3-6,8,10,12,17-18H,7,9,23H2,1-2H3;1-2H3;1H3. The highest BCUT2D eigenvalue weighted by Crippen LogP contribution is 2.31.